The molecule has 0 saturated heterocycles. The predicted molar refractivity (Wildman–Crippen MR) is 64.1 cm³/mol. The Bertz CT molecular complexity index is 242. The topological polar surface area (TPSA) is 38.7 Å². The lowest BCUT2D eigenvalue weighted by atomic mass is 10.7. The molecule has 0 bridgehead atoms. The summed E-state index contributed by atoms with van der Waals surface area (Å²) < 4.78 is 0. The van der Waals surface area contributed by atoms with E-state index in [1.165, 1.54) is 0 Å². The monoisotopic (exact) mass is 201 g/mol. The van der Waals surface area contributed by atoms with Crippen molar-refractivity contribution in [2.24, 2.45) is 0 Å². The van der Waals surface area contributed by atoms with E-state index in [0.717, 1.165) is 0 Å². The molecule has 0 N–H and O–H groups in total. The number of nitrogens with zero attached hydrogens (tertiary/aromatic N) is 3. The van der Waals surface area contributed by atoms with E-state index in [4.69, 9.17) is 0 Å². The van der Waals surface area contributed by atoms with Crippen molar-refractivity contribution in [2.45, 2.75) is 0 Å². The van der Waals surface area contributed by atoms with Crippen molar-refractivity contribution < 1.29 is 0 Å². The average molecular weight is 201 g/mol. The van der Waals surface area contributed by atoms with E-state index >= 15 is 0 Å². The van der Waals surface area contributed by atoms with Crippen LogP contribution in [0.3, 0.4) is 0 Å². The average Bonchev–Trinajstić information content (AvgIpc) is 2.24. The van der Waals surface area contributed by atoms with Gasteiger partial charge in [0.25, 0.3) is 0 Å². The largest absolute Gasteiger partial charge is 0.139 e. The number of hydrogen-bond donors (Lipinski definition) is 0. The second kappa shape index (κ2) is 29.9. The maximum absolute atomic E-state index is 3.42. The van der Waals surface area contributed by atoms with Crippen LogP contribution in [0.25, 0.3) is 0 Å². The zero-order chi connectivity index (χ0) is 12.4. The summed E-state index contributed by atoms with van der Waals surface area (Å²) in [5.74, 6) is 0. The van der Waals surface area contributed by atoms with Gasteiger partial charge in [0, 0.05) is 0 Å². The Morgan fingerprint density at radius 1 is 0.667 bits per heavy atom. The van der Waals surface area contributed by atoms with Crippen molar-refractivity contribution in [1.82, 2.24) is 15.4 Å². The smallest absolute Gasteiger partial charge is 0.0529 e. The maximum Gasteiger partial charge on any atom is 0.0529 e. The first-order valence-electron chi connectivity index (χ1n) is 3.70. The quantitative estimate of drug-likeness (QED) is 0.606. The van der Waals surface area contributed by atoms with Crippen molar-refractivity contribution in [3.8, 4) is 0 Å². The summed E-state index contributed by atoms with van der Waals surface area (Å²) in [7, 11) is 0. The normalized spacial score (nSPS) is 4.80. The van der Waals surface area contributed by atoms with E-state index in [1.54, 1.807) is 18.5 Å². The molecule has 0 aliphatic rings. The van der Waals surface area contributed by atoms with E-state index < -0.39 is 0 Å². The Morgan fingerprint density at radius 2 is 0.933 bits per heavy atom. The molecule has 1 aromatic heterocycles. The van der Waals surface area contributed by atoms with Gasteiger partial charge in [0.15, 0.2) is 0 Å². The van der Waals surface area contributed by atoms with Gasteiger partial charge in [-0.25, -0.2) is 0 Å². The van der Waals surface area contributed by atoms with Gasteiger partial charge < -0.3 is 0 Å². The summed E-state index contributed by atoms with van der Waals surface area (Å²) in [6, 6.07) is 1.72. The molecule has 3 nitrogen and oxygen atoms in total. The Hall–Kier alpha value is -2.43. The van der Waals surface area contributed by atoms with Crippen molar-refractivity contribution in [1.29, 1.82) is 0 Å². The van der Waals surface area contributed by atoms with Gasteiger partial charge in [-0.05, 0) is 11.3 Å². The molecule has 0 aromatic carbocycles. The Balaban J connectivity index is -0.000000140. The highest BCUT2D eigenvalue weighted by Crippen LogP contribution is 1.61. The van der Waals surface area contributed by atoms with Gasteiger partial charge in [0.1, 0.15) is 0 Å². The van der Waals surface area contributed by atoms with Crippen LogP contribution in [0, 0.1) is 0 Å². The summed E-state index contributed by atoms with van der Waals surface area (Å²) in [5.41, 5.74) is 6.75. The van der Waals surface area contributed by atoms with Crippen molar-refractivity contribution in [3.63, 3.8) is 0 Å². The molecular weight excluding hydrogens is 186 g/mol. The third kappa shape index (κ3) is 83.1. The molecule has 0 radical (unpaired) electrons. The van der Waals surface area contributed by atoms with E-state index in [1.807, 2.05) is 0 Å². The molecule has 1 heterocycles. The zero-order valence-electron chi connectivity index (χ0n) is 8.82. The summed E-state index contributed by atoms with van der Waals surface area (Å²) in [6.45, 7) is 18.8. The zero-order valence-corrected chi connectivity index (χ0v) is 8.82. The van der Waals surface area contributed by atoms with Crippen LogP contribution < -0.4 is 0 Å². The standard InChI is InChI=1S/C3H3N3.3C3H4/c1-2-4-6-5-3-1;3*1-3-2/h1-3H;3*1-2H2. The molecule has 0 atom stereocenters. The molecule has 3 heteroatoms. The summed E-state index contributed by atoms with van der Waals surface area (Å²) in [5, 5.41) is 10.1. The van der Waals surface area contributed by atoms with E-state index in [2.05, 4.69) is 72.1 Å². The maximum atomic E-state index is 3.42. The molecule has 0 fully saturated rings. The molecular formula is C12H15N3. The van der Waals surface area contributed by atoms with Crippen LogP contribution in [-0.2, 0) is 0 Å². The van der Waals surface area contributed by atoms with Gasteiger partial charge in [-0.1, -0.05) is 39.5 Å². The Morgan fingerprint density at radius 3 is 1.00 bits per heavy atom. The van der Waals surface area contributed by atoms with Crippen LogP contribution in [0.2, 0.25) is 0 Å². The summed E-state index contributed by atoms with van der Waals surface area (Å²) in [6.07, 6.45) is 3.15. The van der Waals surface area contributed by atoms with Crippen LogP contribution in [0.1, 0.15) is 0 Å². The fraction of sp³-hybridized carbons (Fsp3) is 0. The molecule has 78 valence electrons. The minimum Gasteiger partial charge on any atom is -0.139 e. The van der Waals surface area contributed by atoms with Crippen molar-refractivity contribution >= 4 is 0 Å². The first kappa shape index (κ1) is 18.4. The molecule has 0 aliphatic carbocycles. The van der Waals surface area contributed by atoms with Gasteiger partial charge in [-0.15, -0.1) is 27.4 Å². The van der Waals surface area contributed by atoms with E-state index in [-0.39, 0.29) is 0 Å². The predicted octanol–water partition coefficient (Wildman–Crippen LogP) is 2.74. The van der Waals surface area contributed by atoms with Crippen molar-refractivity contribution in [3.05, 3.63) is 75.1 Å². The summed E-state index contributed by atoms with van der Waals surface area (Å²) in [4.78, 5) is 0. The first-order valence-corrected chi connectivity index (χ1v) is 3.70. The highest BCUT2D eigenvalue weighted by molar-refractivity contribution is 4.69. The van der Waals surface area contributed by atoms with Crippen LogP contribution in [0.5, 0.6) is 0 Å². The lowest BCUT2D eigenvalue weighted by Gasteiger charge is -1.68. The minimum absolute atomic E-state index is 1.58. The highest BCUT2D eigenvalue weighted by Gasteiger charge is 1.60. The first-order chi connectivity index (χ1) is 7.24. The van der Waals surface area contributed by atoms with Crippen LogP contribution in [0.4, 0.5) is 0 Å². The fourth-order valence-electron chi connectivity index (χ4n) is 0.205. The second-order valence-electron chi connectivity index (χ2n) is 1.56. The van der Waals surface area contributed by atoms with Crippen LogP contribution in [0.15, 0.2) is 75.1 Å². The SMILES string of the molecule is C=C=C.C=C=C.C=C=C.c1cnnnc1. The Labute approximate surface area is 91.2 Å². The van der Waals surface area contributed by atoms with Crippen LogP contribution in [-0.4, -0.2) is 15.4 Å². The number of rotatable bonds is 0. The molecule has 0 aliphatic heterocycles. The van der Waals surface area contributed by atoms with Gasteiger partial charge in [-0.2, -0.15) is 0 Å². The van der Waals surface area contributed by atoms with E-state index in [9.17, 15) is 0 Å². The highest BCUT2D eigenvalue weighted by atomic mass is 15.3. The fourth-order valence-corrected chi connectivity index (χ4v) is 0.205. The lowest BCUT2D eigenvalue weighted by Crippen LogP contribution is -1.78. The minimum atomic E-state index is 1.58. The third-order valence-electron chi connectivity index (χ3n) is 0.409. The molecule has 1 rings (SSSR count). The molecule has 1 aromatic rings. The van der Waals surface area contributed by atoms with Gasteiger partial charge in [0.2, 0.25) is 0 Å². The number of aromatic nitrogens is 3. The van der Waals surface area contributed by atoms with Gasteiger partial charge in [0.05, 0.1) is 12.4 Å². The van der Waals surface area contributed by atoms with Gasteiger partial charge in [-0.3, -0.25) is 0 Å². The molecule has 15 heavy (non-hydrogen) atoms. The third-order valence-corrected chi connectivity index (χ3v) is 0.409. The lowest BCUT2D eigenvalue weighted by molar-refractivity contribution is 0.865. The second-order valence-corrected chi connectivity index (χ2v) is 1.56. The number of hydrogen-bond acceptors (Lipinski definition) is 3. The molecule has 0 unspecified atom stereocenters. The molecule has 0 saturated carbocycles. The molecule has 0 spiro atoms. The van der Waals surface area contributed by atoms with Gasteiger partial charge >= 0.3 is 0 Å². The Kier molecular flexibility index (Phi) is 36.7. The van der Waals surface area contributed by atoms with E-state index in [0.29, 0.717) is 0 Å². The molecule has 0 amide bonds. The van der Waals surface area contributed by atoms with Crippen molar-refractivity contribution in [2.75, 3.05) is 0 Å². The van der Waals surface area contributed by atoms with Crippen LogP contribution >= 0.6 is 0 Å². The summed E-state index contributed by atoms with van der Waals surface area (Å²) >= 11 is 0.